The highest BCUT2D eigenvalue weighted by Crippen LogP contribution is 2.47. The first-order valence-electron chi connectivity index (χ1n) is 8.98. The van der Waals surface area contributed by atoms with E-state index in [2.05, 4.69) is 4.98 Å². The van der Waals surface area contributed by atoms with E-state index in [-0.39, 0.29) is 12.2 Å². The second-order valence-electron chi connectivity index (χ2n) is 6.93. The molecule has 0 atom stereocenters. The number of carboxylic acid groups (broad SMARTS) is 1. The van der Waals surface area contributed by atoms with E-state index in [0.29, 0.717) is 30.1 Å². The molecule has 28 heavy (non-hydrogen) atoms. The molecule has 0 spiro atoms. The lowest BCUT2D eigenvalue weighted by molar-refractivity contribution is -0.148. The maximum absolute atomic E-state index is 12.3. The molecular weight excluding hydrogens is 358 g/mol. The van der Waals surface area contributed by atoms with E-state index in [1.807, 2.05) is 18.2 Å². The fourth-order valence-electron chi connectivity index (χ4n) is 3.21. The zero-order valence-corrected chi connectivity index (χ0v) is 15.3. The molecule has 2 aromatic carbocycles. The molecule has 3 aromatic rings. The number of aromatic nitrogens is 1. The van der Waals surface area contributed by atoms with Gasteiger partial charge in [-0.3, -0.25) is 14.6 Å². The Morgan fingerprint density at radius 3 is 2.43 bits per heavy atom. The number of benzene rings is 2. The van der Waals surface area contributed by atoms with E-state index >= 15 is 0 Å². The predicted molar refractivity (Wildman–Crippen MR) is 103 cm³/mol. The summed E-state index contributed by atoms with van der Waals surface area (Å²) in [6.07, 6.45) is 2.65. The summed E-state index contributed by atoms with van der Waals surface area (Å²) in [4.78, 5) is 27.9. The lowest BCUT2D eigenvalue weighted by Crippen LogP contribution is -2.26. The summed E-state index contributed by atoms with van der Waals surface area (Å²) in [5.74, 6) is 0.728. The number of fused-ring (bicyclic) bond motifs is 1. The van der Waals surface area contributed by atoms with Crippen LogP contribution in [0.15, 0.2) is 54.7 Å². The normalized spacial score (nSPS) is 14.5. The van der Waals surface area contributed by atoms with Gasteiger partial charge in [-0.15, -0.1) is 0 Å². The van der Waals surface area contributed by atoms with Crippen molar-refractivity contribution in [3.8, 4) is 17.2 Å². The van der Waals surface area contributed by atoms with Gasteiger partial charge in [0, 0.05) is 18.0 Å². The van der Waals surface area contributed by atoms with Gasteiger partial charge in [0.25, 0.3) is 0 Å². The highest BCUT2D eigenvalue weighted by atomic mass is 16.5. The first kappa shape index (κ1) is 18.0. The minimum absolute atomic E-state index is 0.113. The van der Waals surface area contributed by atoms with Gasteiger partial charge in [0.15, 0.2) is 5.78 Å². The monoisotopic (exact) mass is 377 g/mol. The molecule has 0 saturated heterocycles. The van der Waals surface area contributed by atoms with Crippen molar-refractivity contribution in [2.45, 2.75) is 19.3 Å². The topological polar surface area (TPSA) is 85.7 Å². The number of pyridine rings is 1. The van der Waals surface area contributed by atoms with Gasteiger partial charge in [-0.05, 0) is 54.8 Å². The maximum Gasteiger partial charge on any atom is 0.317 e. The predicted octanol–water partition coefficient (Wildman–Crippen LogP) is 4.01. The standard InChI is InChI=1S/C22H19NO5/c1-27-16-6-7-18-17(13-16)19(8-11-23-18)28-15-4-2-14(3-5-15)12-20(24)22(9-10-22)21(25)26/h2-8,11,13H,9-10,12H2,1H3,(H,25,26). The number of carbonyl (C=O) groups excluding carboxylic acids is 1. The summed E-state index contributed by atoms with van der Waals surface area (Å²) in [5, 5.41) is 10.1. The minimum Gasteiger partial charge on any atom is -0.497 e. The van der Waals surface area contributed by atoms with Crippen molar-refractivity contribution in [1.29, 1.82) is 0 Å². The van der Waals surface area contributed by atoms with Crippen molar-refractivity contribution >= 4 is 22.7 Å². The molecule has 1 aliphatic rings. The third-order valence-electron chi connectivity index (χ3n) is 5.12. The summed E-state index contributed by atoms with van der Waals surface area (Å²) in [6.45, 7) is 0. The molecule has 1 aliphatic carbocycles. The van der Waals surface area contributed by atoms with E-state index in [4.69, 9.17) is 9.47 Å². The quantitative estimate of drug-likeness (QED) is 0.626. The van der Waals surface area contributed by atoms with Crippen LogP contribution >= 0.6 is 0 Å². The molecule has 6 nitrogen and oxygen atoms in total. The van der Waals surface area contributed by atoms with Crippen molar-refractivity contribution in [3.63, 3.8) is 0 Å². The van der Waals surface area contributed by atoms with Crippen molar-refractivity contribution in [1.82, 2.24) is 4.98 Å². The number of aliphatic carboxylic acids is 1. The Bertz CT molecular complexity index is 1050. The third-order valence-corrected chi connectivity index (χ3v) is 5.12. The molecule has 1 N–H and O–H groups in total. The van der Waals surface area contributed by atoms with Crippen LogP contribution in [0, 0.1) is 5.41 Å². The van der Waals surface area contributed by atoms with Gasteiger partial charge in [-0.25, -0.2) is 0 Å². The Balaban J connectivity index is 1.52. The number of hydrogen-bond acceptors (Lipinski definition) is 5. The highest BCUT2D eigenvalue weighted by Gasteiger charge is 2.56. The molecule has 0 bridgehead atoms. The molecule has 1 heterocycles. The van der Waals surface area contributed by atoms with Crippen LogP contribution in [-0.4, -0.2) is 29.0 Å². The molecule has 142 valence electrons. The zero-order valence-electron chi connectivity index (χ0n) is 15.3. The Labute approximate surface area is 161 Å². The Kier molecular flexibility index (Phi) is 4.47. The van der Waals surface area contributed by atoms with Crippen LogP contribution in [0.3, 0.4) is 0 Å². The van der Waals surface area contributed by atoms with Crippen LogP contribution < -0.4 is 9.47 Å². The number of nitrogens with zero attached hydrogens (tertiary/aromatic N) is 1. The summed E-state index contributed by atoms with van der Waals surface area (Å²) in [6, 6.07) is 14.5. The van der Waals surface area contributed by atoms with Gasteiger partial charge in [0.2, 0.25) is 0 Å². The van der Waals surface area contributed by atoms with Crippen LogP contribution in [-0.2, 0) is 16.0 Å². The van der Waals surface area contributed by atoms with Gasteiger partial charge in [-0.2, -0.15) is 0 Å². The minimum atomic E-state index is -1.16. The molecule has 0 unspecified atom stereocenters. The number of carbonyl (C=O) groups is 2. The summed E-state index contributed by atoms with van der Waals surface area (Å²) in [5.41, 5.74) is 0.402. The van der Waals surface area contributed by atoms with Crippen LogP contribution in [0.25, 0.3) is 10.9 Å². The average Bonchev–Trinajstić information content (AvgIpc) is 3.52. The maximum atomic E-state index is 12.3. The number of ketones is 1. The number of methoxy groups -OCH3 is 1. The Morgan fingerprint density at radius 1 is 1.07 bits per heavy atom. The SMILES string of the molecule is COc1ccc2nccc(Oc3ccc(CC(=O)C4(C(=O)O)CC4)cc3)c2c1. The number of hydrogen-bond donors (Lipinski definition) is 1. The lowest BCUT2D eigenvalue weighted by atomic mass is 9.95. The molecule has 0 amide bonds. The van der Waals surface area contributed by atoms with Gasteiger partial charge in [0.1, 0.15) is 22.7 Å². The molecule has 1 saturated carbocycles. The molecular formula is C22H19NO5. The second kappa shape index (κ2) is 6.96. The van der Waals surface area contributed by atoms with Crippen LogP contribution in [0.1, 0.15) is 18.4 Å². The van der Waals surface area contributed by atoms with Crippen molar-refractivity contribution in [2.75, 3.05) is 7.11 Å². The average molecular weight is 377 g/mol. The third kappa shape index (κ3) is 3.29. The number of Topliss-reactive ketones (excluding diaryl/α,β-unsaturated/α-hetero) is 1. The van der Waals surface area contributed by atoms with Crippen molar-refractivity contribution < 1.29 is 24.2 Å². The molecule has 4 rings (SSSR count). The van der Waals surface area contributed by atoms with Gasteiger partial charge in [0.05, 0.1) is 12.6 Å². The van der Waals surface area contributed by atoms with E-state index in [1.165, 1.54) is 0 Å². The molecule has 1 fully saturated rings. The van der Waals surface area contributed by atoms with Gasteiger partial charge < -0.3 is 14.6 Å². The fourth-order valence-corrected chi connectivity index (χ4v) is 3.21. The van der Waals surface area contributed by atoms with E-state index in [1.54, 1.807) is 43.6 Å². The first-order chi connectivity index (χ1) is 13.5. The Hall–Kier alpha value is -3.41. The number of rotatable bonds is 7. The van der Waals surface area contributed by atoms with E-state index in [0.717, 1.165) is 16.5 Å². The molecule has 0 radical (unpaired) electrons. The van der Waals surface area contributed by atoms with E-state index in [9.17, 15) is 14.7 Å². The first-order valence-corrected chi connectivity index (χ1v) is 8.98. The number of ether oxygens (including phenoxy) is 2. The molecule has 1 aromatic heterocycles. The van der Waals surface area contributed by atoms with Gasteiger partial charge >= 0.3 is 5.97 Å². The lowest BCUT2D eigenvalue weighted by Gasteiger charge is -2.11. The summed E-state index contributed by atoms with van der Waals surface area (Å²) < 4.78 is 11.3. The molecule has 6 heteroatoms. The zero-order chi connectivity index (χ0) is 19.7. The summed E-state index contributed by atoms with van der Waals surface area (Å²) in [7, 11) is 1.61. The van der Waals surface area contributed by atoms with E-state index < -0.39 is 11.4 Å². The number of carboxylic acids is 1. The largest absolute Gasteiger partial charge is 0.497 e. The van der Waals surface area contributed by atoms with Crippen LogP contribution in [0.4, 0.5) is 0 Å². The second-order valence-corrected chi connectivity index (χ2v) is 6.93. The van der Waals surface area contributed by atoms with Crippen LogP contribution in [0.2, 0.25) is 0 Å². The van der Waals surface area contributed by atoms with Crippen molar-refractivity contribution in [3.05, 3.63) is 60.3 Å². The van der Waals surface area contributed by atoms with Gasteiger partial charge in [-0.1, -0.05) is 12.1 Å². The van der Waals surface area contributed by atoms with Crippen molar-refractivity contribution in [2.24, 2.45) is 5.41 Å². The summed E-state index contributed by atoms with van der Waals surface area (Å²) >= 11 is 0. The van der Waals surface area contributed by atoms with Crippen LogP contribution in [0.5, 0.6) is 17.2 Å². The fraction of sp³-hybridized carbons (Fsp3) is 0.227. The Morgan fingerprint density at radius 2 is 1.79 bits per heavy atom. The smallest absolute Gasteiger partial charge is 0.317 e. The molecule has 0 aliphatic heterocycles. The highest BCUT2D eigenvalue weighted by molar-refractivity contribution is 6.06.